The van der Waals surface area contributed by atoms with Gasteiger partial charge < -0.3 is 11.1 Å². The number of nitrogens with zero attached hydrogens (tertiary/aromatic N) is 1. The molecular formula is C20H33Cl2N3OS. The predicted octanol–water partition coefficient (Wildman–Crippen LogP) is 3.61. The van der Waals surface area contributed by atoms with Crippen LogP contribution in [0.15, 0.2) is 11.4 Å². The first-order valence-corrected chi connectivity index (χ1v) is 10.8. The summed E-state index contributed by atoms with van der Waals surface area (Å²) in [5, 5.41) is 5.45. The summed E-state index contributed by atoms with van der Waals surface area (Å²) in [7, 11) is 0. The van der Waals surface area contributed by atoms with Crippen molar-refractivity contribution in [1.82, 2.24) is 10.2 Å². The van der Waals surface area contributed by atoms with Crippen molar-refractivity contribution in [2.45, 2.75) is 64.1 Å². The average molecular weight is 434 g/mol. The van der Waals surface area contributed by atoms with Crippen molar-refractivity contribution in [3.05, 3.63) is 21.9 Å². The molecule has 27 heavy (non-hydrogen) atoms. The minimum atomic E-state index is 0. The Kier molecular flexibility index (Phi) is 8.44. The second-order valence-corrected chi connectivity index (χ2v) is 9.38. The minimum absolute atomic E-state index is 0. The molecule has 154 valence electrons. The molecule has 0 saturated heterocycles. The highest BCUT2D eigenvalue weighted by atomic mass is 35.5. The molecular weight excluding hydrogens is 401 g/mol. The number of fused-ring (bicyclic) bond motifs is 3. The summed E-state index contributed by atoms with van der Waals surface area (Å²) in [5.74, 6) is 1.59. The number of halogens is 2. The van der Waals surface area contributed by atoms with E-state index in [1.807, 2.05) is 11.3 Å². The van der Waals surface area contributed by atoms with E-state index < -0.39 is 0 Å². The van der Waals surface area contributed by atoms with Crippen LogP contribution in [0.2, 0.25) is 0 Å². The number of amides is 1. The number of carbonyl (C=O) groups is 1. The molecule has 4 nitrogen and oxygen atoms in total. The van der Waals surface area contributed by atoms with Gasteiger partial charge in [0.05, 0.1) is 0 Å². The number of nitrogens with two attached hydrogens (primary N) is 1. The fourth-order valence-electron chi connectivity index (χ4n) is 5.17. The summed E-state index contributed by atoms with van der Waals surface area (Å²) >= 11 is 1.88. The first kappa shape index (κ1) is 23.0. The highest BCUT2D eigenvalue weighted by Gasteiger charge is 2.40. The minimum Gasteiger partial charge on any atom is -0.354 e. The van der Waals surface area contributed by atoms with Crippen molar-refractivity contribution in [3.8, 4) is 0 Å². The zero-order valence-electron chi connectivity index (χ0n) is 16.1. The van der Waals surface area contributed by atoms with Crippen LogP contribution >= 0.6 is 36.2 Å². The molecule has 7 heteroatoms. The molecule has 2 saturated carbocycles. The third kappa shape index (κ3) is 4.99. The van der Waals surface area contributed by atoms with Gasteiger partial charge in [-0.1, -0.05) is 6.42 Å². The van der Waals surface area contributed by atoms with E-state index in [9.17, 15) is 4.79 Å². The third-order valence-corrected chi connectivity index (χ3v) is 7.84. The maximum Gasteiger partial charge on any atom is 0.223 e. The van der Waals surface area contributed by atoms with Gasteiger partial charge in [0, 0.05) is 42.5 Å². The van der Waals surface area contributed by atoms with Gasteiger partial charge in [0.2, 0.25) is 5.91 Å². The van der Waals surface area contributed by atoms with E-state index in [2.05, 4.69) is 28.6 Å². The molecule has 1 aliphatic heterocycles. The standard InChI is InChI=1S/C20H31N3OS.2ClH/c1-13(23-7-5-18-16(12-23)6-8-25-18)11-22-20(24)17-9-14-3-2-4-15(10-17)19(14)21;;/h6,8,13-15,17,19H,2-5,7,9-12,21H2,1H3,(H,22,24);2*1H. The number of nitrogens with one attached hydrogen (secondary N) is 1. The van der Waals surface area contributed by atoms with Crippen LogP contribution in [0.5, 0.6) is 0 Å². The summed E-state index contributed by atoms with van der Waals surface area (Å²) in [6.07, 6.45) is 6.88. The van der Waals surface area contributed by atoms with Gasteiger partial charge in [-0.05, 0) is 67.9 Å². The molecule has 3 atom stereocenters. The van der Waals surface area contributed by atoms with E-state index in [0.29, 0.717) is 23.9 Å². The van der Waals surface area contributed by atoms with Crippen LogP contribution in [0, 0.1) is 17.8 Å². The summed E-state index contributed by atoms with van der Waals surface area (Å²) < 4.78 is 0. The Balaban J connectivity index is 0.00000131. The van der Waals surface area contributed by atoms with Gasteiger partial charge in [0.15, 0.2) is 0 Å². The van der Waals surface area contributed by atoms with E-state index >= 15 is 0 Å². The van der Waals surface area contributed by atoms with Gasteiger partial charge >= 0.3 is 0 Å². The lowest BCUT2D eigenvalue weighted by Gasteiger charge is -2.43. The second kappa shape index (κ2) is 9.93. The van der Waals surface area contributed by atoms with Crippen molar-refractivity contribution in [3.63, 3.8) is 0 Å². The van der Waals surface area contributed by atoms with Gasteiger partial charge in [-0.15, -0.1) is 36.2 Å². The topological polar surface area (TPSA) is 58.4 Å². The maximum atomic E-state index is 12.7. The molecule has 2 fully saturated rings. The zero-order chi connectivity index (χ0) is 17.4. The summed E-state index contributed by atoms with van der Waals surface area (Å²) in [6, 6.07) is 2.98. The van der Waals surface area contributed by atoms with Crippen LogP contribution < -0.4 is 11.1 Å². The van der Waals surface area contributed by atoms with Gasteiger partial charge in [-0.2, -0.15) is 0 Å². The molecule has 2 heterocycles. The lowest BCUT2D eigenvalue weighted by atomic mass is 9.65. The van der Waals surface area contributed by atoms with E-state index in [1.165, 1.54) is 29.7 Å². The van der Waals surface area contributed by atoms with Gasteiger partial charge in [0.1, 0.15) is 0 Å². The van der Waals surface area contributed by atoms with Crippen LogP contribution in [0.3, 0.4) is 0 Å². The van der Waals surface area contributed by atoms with Crippen LogP contribution in [-0.2, 0) is 17.8 Å². The Morgan fingerprint density at radius 1 is 1.33 bits per heavy atom. The Bertz CT molecular complexity index is 612. The van der Waals surface area contributed by atoms with Crippen molar-refractivity contribution in [1.29, 1.82) is 0 Å². The monoisotopic (exact) mass is 433 g/mol. The molecule has 3 N–H and O–H groups in total. The number of rotatable bonds is 4. The number of thiophene rings is 1. The fourth-order valence-corrected chi connectivity index (χ4v) is 6.06. The molecule has 3 unspecified atom stereocenters. The van der Waals surface area contributed by atoms with Crippen molar-refractivity contribution < 1.29 is 4.79 Å². The quantitative estimate of drug-likeness (QED) is 0.761. The summed E-state index contributed by atoms with van der Waals surface area (Å²) in [4.78, 5) is 16.8. The van der Waals surface area contributed by atoms with Crippen LogP contribution in [0.1, 0.15) is 49.5 Å². The molecule has 0 radical (unpaired) electrons. The normalized spacial score (nSPS) is 31.0. The van der Waals surface area contributed by atoms with E-state index in [1.54, 1.807) is 0 Å². The number of hydrogen-bond acceptors (Lipinski definition) is 4. The van der Waals surface area contributed by atoms with Crippen molar-refractivity contribution in [2.24, 2.45) is 23.5 Å². The van der Waals surface area contributed by atoms with E-state index in [4.69, 9.17) is 5.73 Å². The molecule has 2 bridgehead atoms. The lowest BCUT2D eigenvalue weighted by Crippen LogP contribution is -2.50. The Morgan fingerprint density at radius 2 is 2.04 bits per heavy atom. The molecule has 2 aliphatic carbocycles. The first-order valence-electron chi connectivity index (χ1n) is 9.94. The molecule has 0 spiro atoms. The molecule has 1 aromatic heterocycles. The highest BCUT2D eigenvalue weighted by Crippen LogP contribution is 2.41. The van der Waals surface area contributed by atoms with Crippen LogP contribution in [0.25, 0.3) is 0 Å². The smallest absolute Gasteiger partial charge is 0.223 e. The number of hydrogen-bond donors (Lipinski definition) is 2. The molecule has 1 aromatic rings. The largest absolute Gasteiger partial charge is 0.354 e. The van der Waals surface area contributed by atoms with Gasteiger partial charge in [-0.25, -0.2) is 0 Å². The fraction of sp³-hybridized carbons (Fsp3) is 0.750. The Labute approximate surface area is 179 Å². The first-order chi connectivity index (χ1) is 12.1. The predicted molar refractivity (Wildman–Crippen MR) is 117 cm³/mol. The molecule has 0 aromatic carbocycles. The second-order valence-electron chi connectivity index (χ2n) is 8.38. The van der Waals surface area contributed by atoms with E-state index in [0.717, 1.165) is 38.9 Å². The van der Waals surface area contributed by atoms with Gasteiger partial charge in [0.25, 0.3) is 0 Å². The number of carbonyl (C=O) groups excluding carboxylic acids is 1. The maximum absolute atomic E-state index is 12.7. The van der Waals surface area contributed by atoms with Crippen molar-refractivity contribution in [2.75, 3.05) is 13.1 Å². The molecule has 3 aliphatic rings. The Morgan fingerprint density at radius 3 is 2.74 bits per heavy atom. The Hall–Kier alpha value is -0.330. The van der Waals surface area contributed by atoms with Crippen molar-refractivity contribution >= 4 is 42.1 Å². The SMILES string of the molecule is CC(CNC(=O)C1CC2CCCC(C1)C2N)N1CCc2sccc2C1.Cl.Cl. The van der Waals surface area contributed by atoms with Gasteiger partial charge in [-0.3, -0.25) is 9.69 Å². The molecule has 1 amide bonds. The summed E-state index contributed by atoms with van der Waals surface area (Å²) in [5.41, 5.74) is 7.83. The highest BCUT2D eigenvalue weighted by molar-refractivity contribution is 7.10. The lowest BCUT2D eigenvalue weighted by molar-refractivity contribution is -0.128. The zero-order valence-corrected chi connectivity index (χ0v) is 18.5. The third-order valence-electron chi connectivity index (χ3n) is 6.82. The summed E-state index contributed by atoms with van der Waals surface area (Å²) in [6.45, 7) is 5.13. The molecule has 4 rings (SSSR count). The van der Waals surface area contributed by atoms with Crippen LogP contribution in [0.4, 0.5) is 0 Å². The average Bonchev–Trinajstić information content (AvgIpc) is 3.06. The van der Waals surface area contributed by atoms with E-state index in [-0.39, 0.29) is 36.6 Å². The van der Waals surface area contributed by atoms with Crippen LogP contribution in [-0.4, -0.2) is 36.0 Å².